The molecule has 1 aliphatic carbocycles. The van der Waals surface area contributed by atoms with Crippen molar-refractivity contribution in [3.63, 3.8) is 0 Å². The smallest absolute Gasteiger partial charge is 0.338 e. The number of Topliss-reactive ketones (excluding diaryl/α,β-unsaturated/α-hetero) is 1. The molecule has 1 spiro atoms. The van der Waals surface area contributed by atoms with Crippen LogP contribution in [0.15, 0.2) is 46.6 Å². The molecule has 0 fully saturated rings. The molecule has 1 aliphatic heterocycles. The predicted octanol–water partition coefficient (Wildman–Crippen LogP) is 3.82. The number of esters is 1. The number of hydrogen-bond acceptors (Lipinski definition) is 5. The zero-order chi connectivity index (χ0) is 18.5. The van der Waals surface area contributed by atoms with Gasteiger partial charge in [0.05, 0.1) is 19.2 Å². The number of carbonyl (C=O) groups is 2. The lowest BCUT2D eigenvalue weighted by Gasteiger charge is -2.27. The van der Waals surface area contributed by atoms with Crippen LogP contribution in [-0.4, -0.2) is 30.9 Å². The monoisotopic (exact) mass is 348 g/mol. The Morgan fingerprint density at radius 1 is 1.23 bits per heavy atom. The molecule has 26 heavy (non-hydrogen) atoms. The van der Waals surface area contributed by atoms with Crippen LogP contribution in [-0.2, 0) is 11.2 Å². The number of ketones is 1. The van der Waals surface area contributed by atoms with Crippen molar-refractivity contribution in [3.05, 3.63) is 69.8 Å². The molecular formula is C21H20N2O3. The average Bonchev–Trinajstić information content (AvgIpc) is 3.17. The molecule has 0 aromatic heterocycles. The largest absolute Gasteiger partial charge is 0.465 e. The van der Waals surface area contributed by atoms with Crippen LogP contribution < -0.4 is 0 Å². The number of fused-ring (bicyclic) bond motifs is 1. The van der Waals surface area contributed by atoms with Crippen molar-refractivity contribution in [1.29, 1.82) is 0 Å². The third-order valence-corrected chi connectivity index (χ3v) is 5.52. The Kier molecular flexibility index (Phi) is 3.75. The molecule has 2 aromatic rings. The summed E-state index contributed by atoms with van der Waals surface area (Å²) in [6.45, 7) is 4.27. The highest BCUT2D eigenvalue weighted by molar-refractivity contribution is 6.10. The van der Waals surface area contributed by atoms with Crippen LogP contribution in [0.3, 0.4) is 0 Å². The van der Waals surface area contributed by atoms with E-state index in [-0.39, 0.29) is 11.7 Å². The molecule has 0 radical (unpaired) electrons. The maximum Gasteiger partial charge on any atom is 0.338 e. The molecule has 0 amide bonds. The van der Waals surface area contributed by atoms with Gasteiger partial charge in [-0.3, -0.25) is 4.79 Å². The molecule has 0 unspecified atom stereocenters. The minimum atomic E-state index is -0.952. The topological polar surface area (TPSA) is 68.1 Å². The van der Waals surface area contributed by atoms with Crippen LogP contribution in [0.1, 0.15) is 48.9 Å². The maximum atomic E-state index is 13.4. The first-order valence-corrected chi connectivity index (χ1v) is 8.69. The number of methoxy groups -OCH3 is 1. The van der Waals surface area contributed by atoms with Crippen LogP contribution in [0.4, 0.5) is 0 Å². The van der Waals surface area contributed by atoms with Crippen molar-refractivity contribution < 1.29 is 14.3 Å². The number of aryl methyl sites for hydroxylation is 2. The highest BCUT2D eigenvalue weighted by atomic mass is 16.5. The molecule has 132 valence electrons. The predicted molar refractivity (Wildman–Crippen MR) is 96.9 cm³/mol. The van der Waals surface area contributed by atoms with Gasteiger partial charge in [-0.05, 0) is 36.6 Å². The van der Waals surface area contributed by atoms with Crippen LogP contribution in [0.5, 0.6) is 0 Å². The quantitative estimate of drug-likeness (QED) is 0.775. The summed E-state index contributed by atoms with van der Waals surface area (Å²) in [6.07, 6.45) is 0.519. The summed E-state index contributed by atoms with van der Waals surface area (Å²) in [5.74, 6) is -0.658. The first kappa shape index (κ1) is 16.6. The van der Waals surface area contributed by atoms with E-state index in [1.54, 1.807) is 0 Å². The molecule has 0 bridgehead atoms. The number of rotatable bonds is 2. The second-order valence-electron chi connectivity index (χ2n) is 7.10. The molecule has 0 saturated carbocycles. The number of azo groups is 1. The fourth-order valence-electron chi connectivity index (χ4n) is 4.24. The Morgan fingerprint density at radius 3 is 2.77 bits per heavy atom. The fourth-order valence-corrected chi connectivity index (χ4v) is 4.24. The van der Waals surface area contributed by atoms with Crippen molar-refractivity contribution in [2.24, 2.45) is 10.2 Å². The fraction of sp³-hybridized carbons (Fsp3) is 0.333. The van der Waals surface area contributed by atoms with Gasteiger partial charge in [-0.15, -0.1) is 0 Å². The highest BCUT2D eigenvalue weighted by Gasteiger charge is 2.55. The molecule has 0 N–H and O–H groups in total. The molecule has 2 aliphatic rings. The van der Waals surface area contributed by atoms with Gasteiger partial charge in [0.1, 0.15) is 0 Å². The summed E-state index contributed by atoms with van der Waals surface area (Å²) < 4.78 is 4.97. The number of nitrogens with zero attached hydrogens (tertiary/aromatic N) is 2. The van der Waals surface area contributed by atoms with Crippen LogP contribution in [0.2, 0.25) is 0 Å². The summed E-state index contributed by atoms with van der Waals surface area (Å²) in [5.41, 5.74) is 4.01. The van der Waals surface area contributed by atoms with E-state index < -0.39 is 11.5 Å². The number of hydrogen-bond donors (Lipinski definition) is 0. The third kappa shape index (κ3) is 2.23. The minimum absolute atomic E-state index is 0.00763. The summed E-state index contributed by atoms with van der Waals surface area (Å²) >= 11 is 0. The van der Waals surface area contributed by atoms with E-state index in [2.05, 4.69) is 10.2 Å². The van der Waals surface area contributed by atoms with Crippen LogP contribution >= 0.6 is 0 Å². The Morgan fingerprint density at radius 2 is 2.04 bits per heavy atom. The molecule has 2 aromatic carbocycles. The van der Waals surface area contributed by atoms with E-state index in [9.17, 15) is 9.59 Å². The zero-order valence-electron chi connectivity index (χ0n) is 15.1. The van der Waals surface area contributed by atoms with Gasteiger partial charge >= 0.3 is 5.97 Å². The number of carbonyl (C=O) groups excluding carboxylic acids is 2. The Hall–Kier alpha value is -2.82. The van der Waals surface area contributed by atoms with Crippen molar-refractivity contribution in [2.75, 3.05) is 13.7 Å². The zero-order valence-corrected chi connectivity index (χ0v) is 15.1. The second kappa shape index (κ2) is 5.87. The highest BCUT2D eigenvalue weighted by Crippen LogP contribution is 2.48. The van der Waals surface area contributed by atoms with Gasteiger partial charge in [-0.1, -0.05) is 35.9 Å². The van der Waals surface area contributed by atoms with Gasteiger partial charge in [0.25, 0.3) is 0 Å². The molecule has 1 heterocycles. The second-order valence-corrected chi connectivity index (χ2v) is 7.10. The number of ether oxygens (including phenoxy) is 1. The Labute approximate surface area is 152 Å². The van der Waals surface area contributed by atoms with Gasteiger partial charge in [0.15, 0.2) is 11.3 Å². The van der Waals surface area contributed by atoms with Crippen LogP contribution in [0.25, 0.3) is 0 Å². The standard InChI is InChI=1S/C21H20N2O3/c1-12-7-8-15(16(9-12)20(25)26-3)17-11-22-23-21(17)10-14-6-4-5-13(2)18(14)19(21)24/h4-9,17H,10-11H2,1-3H3/t17-,21+/m0/s1. The number of benzene rings is 2. The Balaban J connectivity index is 1.85. The summed E-state index contributed by atoms with van der Waals surface area (Å²) in [7, 11) is 1.37. The molecule has 5 heteroatoms. The molecule has 2 atom stereocenters. The van der Waals surface area contributed by atoms with Crippen molar-refractivity contribution >= 4 is 11.8 Å². The first-order chi connectivity index (χ1) is 12.5. The van der Waals surface area contributed by atoms with Gasteiger partial charge < -0.3 is 4.74 Å². The van der Waals surface area contributed by atoms with E-state index in [0.717, 1.165) is 27.8 Å². The summed E-state index contributed by atoms with van der Waals surface area (Å²) in [5, 5.41) is 8.67. The summed E-state index contributed by atoms with van der Waals surface area (Å²) in [6, 6.07) is 11.6. The van der Waals surface area contributed by atoms with Crippen molar-refractivity contribution in [1.82, 2.24) is 0 Å². The Bertz CT molecular complexity index is 964. The van der Waals surface area contributed by atoms with E-state index in [0.29, 0.717) is 18.5 Å². The molecule has 4 rings (SSSR count). The average molecular weight is 348 g/mol. The van der Waals surface area contributed by atoms with Crippen molar-refractivity contribution in [2.45, 2.75) is 31.7 Å². The van der Waals surface area contributed by atoms with Gasteiger partial charge in [0.2, 0.25) is 0 Å². The van der Waals surface area contributed by atoms with E-state index in [4.69, 9.17) is 4.74 Å². The third-order valence-electron chi connectivity index (χ3n) is 5.52. The lowest BCUT2D eigenvalue weighted by Crippen LogP contribution is -2.39. The molecule has 5 nitrogen and oxygen atoms in total. The van der Waals surface area contributed by atoms with E-state index >= 15 is 0 Å². The summed E-state index contributed by atoms with van der Waals surface area (Å²) in [4.78, 5) is 25.7. The lowest BCUT2D eigenvalue weighted by atomic mass is 9.76. The van der Waals surface area contributed by atoms with E-state index in [1.807, 2.05) is 50.2 Å². The normalized spacial score (nSPS) is 23.5. The SMILES string of the molecule is COC(=O)c1cc(C)ccc1[C@@H]1CN=N[C@]12Cc1cccc(C)c1C2=O. The van der Waals surface area contributed by atoms with Gasteiger partial charge in [0, 0.05) is 17.9 Å². The van der Waals surface area contributed by atoms with Gasteiger partial charge in [-0.25, -0.2) is 4.79 Å². The lowest BCUT2D eigenvalue weighted by molar-refractivity contribution is 0.0597. The van der Waals surface area contributed by atoms with Gasteiger partial charge in [-0.2, -0.15) is 10.2 Å². The van der Waals surface area contributed by atoms with Crippen molar-refractivity contribution in [3.8, 4) is 0 Å². The van der Waals surface area contributed by atoms with E-state index in [1.165, 1.54) is 7.11 Å². The van der Waals surface area contributed by atoms with Crippen LogP contribution in [0, 0.1) is 13.8 Å². The first-order valence-electron chi connectivity index (χ1n) is 8.69. The minimum Gasteiger partial charge on any atom is -0.465 e. The molecule has 0 saturated heterocycles. The maximum absolute atomic E-state index is 13.4. The molecular weight excluding hydrogens is 328 g/mol.